The van der Waals surface area contributed by atoms with E-state index in [9.17, 15) is 0 Å². The number of aromatic nitrogens is 4. The number of ether oxygens (including phenoxy) is 1. The van der Waals surface area contributed by atoms with Crippen molar-refractivity contribution in [3.63, 3.8) is 0 Å². The van der Waals surface area contributed by atoms with Crippen LogP contribution in [0, 0.1) is 4.64 Å². The molecule has 1 aliphatic rings. The fourth-order valence-electron chi connectivity index (χ4n) is 2.54. The zero-order valence-corrected chi connectivity index (χ0v) is 12.5. The van der Waals surface area contributed by atoms with Crippen molar-refractivity contribution in [3.05, 3.63) is 28.9 Å². The Kier molecular flexibility index (Phi) is 3.43. The van der Waals surface area contributed by atoms with Gasteiger partial charge in [0.05, 0.1) is 11.9 Å². The quantitative estimate of drug-likeness (QED) is 0.864. The first-order valence-corrected chi connectivity index (χ1v) is 7.22. The van der Waals surface area contributed by atoms with Gasteiger partial charge in [0.2, 0.25) is 0 Å². The van der Waals surface area contributed by atoms with Crippen molar-refractivity contribution in [3.8, 4) is 11.3 Å². The number of aromatic amines is 1. The van der Waals surface area contributed by atoms with Crippen molar-refractivity contribution in [1.29, 1.82) is 0 Å². The lowest BCUT2D eigenvalue weighted by Gasteiger charge is -2.33. The van der Waals surface area contributed by atoms with E-state index in [1.807, 2.05) is 25.5 Å². The molecule has 3 heterocycles. The third-order valence-electron chi connectivity index (χ3n) is 3.73. The molecule has 1 aliphatic heterocycles. The average molecular weight is 290 g/mol. The molecular weight excluding hydrogens is 272 g/mol. The molecule has 1 unspecified atom stereocenters. The van der Waals surface area contributed by atoms with Crippen molar-refractivity contribution in [1.82, 2.24) is 19.7 Å². The second-order valence-electron chi connectivity index (χ2n) is 5.42. The number of rotatable bonds is 2. The molecule has 5 nitrogen and oxygen atoms in total. The third-order valence-corrected chi connectivity index (χ3v) is 3.94. The van der Waals surface area contributed by atoms with Gasteiger partial charge in [-0.15, -0.1) is 0 Å². The summed E-state index contributed by atoms with van der Waals surface area (Å²) in [5.41, 5.74) is 1.56. The Labute approximate surface area is 123 Å². The van der Waals surface area contributed by atoms with Crippen LogP contribution in [0.2, 0.25) is 0 Å². The Bertz CT molecular complexity index is 670. The van der Waals surface area contributed by atoms with E-state index in [1.54, 1.807) is 4.68 Å². The smallest absolute Gasteiger partial charge is 0.140 e. The van der Waals surface area contributed by atoms with E-state index < -0.39 is 0 Å². The van der Waals surface area contributed by atoms with E-state index in [-0.39, 0.29) is 5.60 Å². The molecule has 1 atom stereocenters. The first kappa shape index (κ1) is 13.5. The van der Waals surface area contributed by atoms with Crippen LogP contribution in [-0.4, -0.2) is 26.4 Å². The maximum atomic E-state index is 5.94. The Balaban J connectivity index is 2.04. The van der Waals surface area contributed by atoms with Gasteiger partial charge in [0.15, 0.2) is 0 Å². The van der Waals surface area contributed by atoms with Gasteiger partial charge < -0.3 is 9.72 Å². The normalized spacial score (nSPS) is 22.9. The predicted molar refractivity (Wildman–Crippen MR) is 78.8 cm³/mol. The van der Waals surface area contributed by atoms with E-state index in [2.05, 4.69) is 22.0 Å². The van der Waals surface area contributed by atoms with Crippen LogP contribution in [-0.2, 0) is 17.4 Å². The highest BCUT2D eigenvalue weighted by atomic mass is 32.1. The maximum Gasteiger partial charge on any atom is 0.140 e. The second kappa shape index (κ2) is 5.10. The SMILES string of the molecule is Cn1cc(-c2cc(=S)nc(C3(C)CCCCO3)[nH]2)cn1. The Morgan fingerprint density at radius 1 is 1.45 bits per heavy atom. The highest BCUT2D eigenvalue weighted by Gasteiger charge is 2.32. The lowest BCUT2D eigenvalue weighted by Crippen LogP contribution is -2.32. The molecule has 0 saturated carbocycles. The molecule has 0 radical (unpaired) electrons. The van der Waals surface area contributed by atoms with Gasteiger partial charge in [-0.25, -0.2) is 4.98 Å². The van der Waals surface area contributed by atoms with Gasteiger partial charge in [-0.3, -0.25) is 4.68 Å². The van der Waals surface area contributed by atoms with Crippen LogP contribution in [0.5, 0.6) is 0 Å². The standard InChI is InChI=1S/C14H18N4OS/c1-14(5-3-4-6-19-14)13-16-11(7-12(20)17-13)10-8-15-18(2)9-10/h7-9H,3-6H2,1-2H3,(H,16,17,20). The summed E-state index contributed by atoms with van der Waals surface area (Å²) in [6.45, 7) is 2.85. The van der Waals surface area contributed by atoms with Crippen molar-refractivity contribution in [2.24, 2.45) is 7.05 Å². The van der Waals surface area contributed by atoms with Gasteiger partial charge in [-0.05, 0) is 32.3 Å². The molecule has 1 saturated heterocycles. The molecule has 3 rings (SSSR count). The Morgan fingerprint density at radius 2 is 2.30 bits per heavy atom. The summed E-state index contributed by atoms with van der Waals surface area (Å²) < 4.78 is 8.29. The van der Waals surface area contributed by atoms with Crippen molar-refractivity contribution < 1.29 is 4.74 Å². The molecule has 0 bridgehead atoms. The zero-order chi connectivity index (χ0) is 14.2. The minimum Gasteiger partial charge on any atom is -0.367 e. The highest BCUT2D eigenvalue weighted by Crippen LogP contribution is 2.33. The zero-order valence-electron chi connectivity index (χ0n) is 11.7. The van der Waals surface area contributed by atoms with E-state index in [1.165, 1.54) is 0 Å². The number of hydrogen-bond donors (Lipinski definition) is 1. The molecule has 106 valence electrons. The van der Waals surface area contributed by atoms with Crippen LogP contribution < -0.4 is 0 Å². The van der Waals surface area contributed by atoms with Crippen LogP contribution in [0.25, 0.3) is 11.3 Å². The summed E-state index contributed by atoms with van der Waals surface area (Å²) in [7, 11) is 1.89. The third kappa shape index (κ3) is 2.53. The summed E-state index contributed by atoms with van der Waals surface area (Å²) in [4.78, 5) is 7.84. The minimum absolute atomic E-state index is 0.371. The van der Waals surface area contributed by atoms with E-state index in [4.69, 9.17) is 17.0 Å². The summed E-state index contributed by atoms with van der Waals surface area (Å²) in [6, 6.07) is 1.86. The molecule has 1 N–H and O–H groups in total. The lowest BCUT2D eigenvalue weighted by molar-refractivity contribution is -0.0760. The Hall–Kier alpha value is -1.53. The molecule has 0 aromatic carbocycles. The van der Waals surface area contributed by atoms with Gasteiger partial charge in [0.25, 0.3) is 0 Å². The summed E-state index contributed by atoms with van der Waals surface area (Å²) in [5.74, 6) is 0.809. The molecule has 6 heteroatoms. The molecule has 0 spiro atoms. The minimum atomic E-state index is -0.371. The number of aryl methyl sites for hydroxylation is 1. The van der Waals surface area contributed by atoms with Gasteiger partial charge in [0.1, 0.15) is 16.1 Å². The molecule has 2 aromatic heterocycles. The van der Waals surface area contributed by atoms with E-state index in [0.717, 1.165) is 43.0 Å². The number of H-pyrrole nitrogens is 1. The van der Waals surface area contributed by atoms with E-state index >= 15 is 0 Å². The van der Waals surface area contributed by atoms with Crippen LogP contribution >= 0.6 is 12.2 Å². The van der Waals surface area contributed by atoms with Gasteiger partial charge in [0, 0.05) is 25.4 Å². The van der Waals surface area contributed by atoms with E-state index in [0.29, 0.717) is 4.64 Å². The highest BCUT2D eigenvalue weighted by molar-refractivity contribution is 7.71. The average Bonchev–Trinajstić information content (AvgIpc) is 2.86. The van der Waals surface area contributed by atoms with Gasteiger partial charge in [-0.2, -0.15) is 5.10 Å². The largest absolute Gasteiger partial charge is 0.367 e. The summed E-state index contributed by atoms with van der Waals surface area (Å²) in [6.07, 6.45) is 6.99. The van der Waals surface area contributed by atoms with Gasteiger partial charge >= 0.3 is 0 Å². The molecule has 20 heavy (non-hydrogen) atoms. The lowest BCUT2D eigenvalue weighted by atomic mass is 9.95. The summed E-state index contributed by atoms with van der Waals surface area (Å²) in [5, 5.41) is 4.19. The Morgan fingerprint density at radius 3 is 2.95 bits per heavy atom. The van der Waals surface area contributed by atoms with Crippen LogP contribution in [0.4, 0.5) is 0 Å². The summed E-state index contributed by atoms with van der Waals surface area (Å²) >= 11 is 5.30. The van der Waals surface area contributed by atoms with Gasteiger partial charge in [-0.1, -0.05) is 12.2 Å². The number of nitrogens with zero attached hydrogens (tertiary/aromatic N) is 3. The molecule has 0 amide bonds. The first-order valence-electron chi connectivity index (χ1n) is 6.82. The van der Waals surface area contributed by atoms with Crippen LogP contribution in [0.3, 0.4) is 0 Å². The number of hydrogen-bond acceptors (Lipinski definition) is 4. The molecule has 0 aliphatic carbocycles. The fourth-order valence-corrected chi connectivity index (χ4v) is 2.75. The molecule has 1 fully saturated rings. The van der Waals surface area contributed by atoms with Crippen molar-refractivity contribution in [2.75, 3.05) is 6.61 Å². The number of nitrogens with one attached hydrogen (secondary N) is 1. The van der Waals surface area contributed by atoms with Crippen molar-refractivity contribution in [2.45, 2.75) is 31.8 Å². The van der Waals surface area contributed by atoms with Crippen LogP contribution in [0.15, 0.2) is 18.5 Å². The predicted octanol–water partition coefficient (Wildman–Crippen LogP) is 2.96. The first-order chi connectivity index (χ1) is 9.57. The molecular formula is C14H18N4OS. The molecule has 2 aromatic rings. The van der Waals surface area contributed by atoms with Crippen molar-refractivity contribution >= 4 is 12.2 Å². The topological polar surface area (TPSA) is 55.7 Å². The monoisotopic (exact) mass is 290 g/mol. The van der Waals surface area contributed by atoms with Crippen LogP contribution in [0.1, 0.15) is 32.0 Å². The maximum absolute atomic E-state index is 5.94. The fraction of sp³-hybridized carbons (Fsp3) is 0.500. The second-order valence-corrected chi connectivity index (χ2v) is 5.84.